The van der Waals surface area contributed by atoms with Gasteiger partial charge in [0.2, 0.25) is 0 Å². The Morgan fingerprint density at radius 1 is 0.931 bits per heavy atom. The third kappa shape index (κ3) is 4.40. The number of aliphatic hydroxyl groups is 1. The summed E-state index contributed by atoms with van der Waals surface area (Å²) in [5, 5.41) is 9.35. The van der Waals surface area contributed by atoms with Crippen molar-refractivity contribution < 1.29 is 39.9 Å². The predicted molar refractivity (Wildman–Crippen MR) is 93.6 cm³/mol. The molecule has 0 aliphatic carbocycles. The predicted octanol–water partition coefficient (Wildman–Crippen LogP) is 4.53. The summed E-state index contributed by atoms with van der Waals surface area (Å²) < 4.78 is 105. The second-order valence-corrected chi connectivity index (χ2v) is 7.64. The third-order valence-electron chi connectivity index (χ3n) is 4.00. The van der Waals surface area contributed by atoms with Gasteiger partial charge in [-0.1, -0.05) is 36.4 Å². The molecule has 158 valence electrons. The first-order valence-corrected chi connectivity index (χ1v) is 9.40. The summed E-state index contributed by atoms with van der Waals surface area (Å²) in [7, 11) is -4.18. The molecule has 0 saturated heterocycles. The van der Waals surface area contributed by atoms with Gasteiger partial charge in [-0.3, -0.25) is 4.72 Å². The maximum atomic E-state index is 12.9. The largest absolute Gasteiger partial charge is 0.430 e. The average Bonchev–Trinajstić information content (AvgIpc) is 2.60. The minimum Gasteiger partial charge on any atom is -0.369 e. The Labute approximate surface area is 162 Å². The van der Waals surface area contributed by atoms with Crippen molar-refractivity contribution in [1.82, 2.24) is 0 Å². The Morgan fingerprint density at radius 3 is 1.93 bits per heavy atom. The monoisotopic (exact) mass is 439 g/mol. The van der Waals surface area contributed by atoms with Crippen molar-refractivity contribution in [2.75, 3.05) is 4.72 Å². The molecule has 0 radical (unpaired) electrons. The maximum absolute atomic E-state index is 12.9. The van der Waals surface area contributed by atoms with E-state index < -0.39 is 33.5 Å². The first-order chi connectivity index (χ1) is 13.2. The number of alkyl halides is 6. The molecule has 0 aromatic heterocycles. The van der Waals surface area contributed by atoms with Gasteiger partial charge in [-0.15, -0.1) is 6.58 Å². The van der Waals surface area contributed by atoms with E-state index in [0.717, 1.165) is 0 Å². The van der Waals surface area contributed by atoms with E-state index in [1.54, 1.807) is 6.07 Å². The van der Waals surface area contributed by atoms with Crippen molar-refractivity contribution in [3.8, 4) is 0 Å². The van der Waals surface area contributed by atoms with Crippen LogP contribution in [0.4, 0.5) is 32.0 Å². The van der Waals surface area contributed by atoms with Crippen LogP contribution in [0.25, 0.3) is 0 Å². The van der Waals surface area contributed by atoms with Crippen LogP contribution in [0.3, 0.4) is 0 Å². The molecule has 29 heavy (non-hydrogen) atoms. The number of allylic oxidation sites excluding steroid dienone is 1. The van der Waals surface area contributed by atoms with Gasteiger partial charge in [0, 0.05) is 11.3 Å². The van der Waals surface area contributed by atoms with E-state index in [9.17, 15) is 39.9 Å². The topological polar surface area (TPSA) is 66.4 Å². The van der Waals surface area contributed by atoms with Crippen molar-refractivity contribution in [3.63, 3.8) is 0 Å². The molecule has 0 unspecified atom stereocenters. The van der Waals surface area contributed by atoms with Crippen molar-refractivity contribution in [2.45, 2.75) is 29.3 Å². The summed E-state index contributed by atoms with van der Waals surface area (Å²) >= 11 is 0. The van der Waals surface area contributed by atoms with Crippen LogP contribution in [0.2, 0.25) is 0 Å². The van der Waals surface area contributed by atoms with Crippen LogP contribution in [-0.2, 0) is 22.0 Å². The molecular formula is C18H15F6NO3S. The Kier molecular flexibility index (Phi) is 6.05. The van der Waals surface area contributed by atoms with Gasteiger partial charge < -0.3 is 5.11 Å². The molecule has 2 aromatic carbocycles. The lowest BCUT2D eigenvalue weighted by Gasteiger charge is -2.32. The third-order valence-corrected chi connectivity index (χ3v) is 5.48. The lowest BCUT2D eigenvalue weighted by atomic mass is 9.92. The highest BCUT2D eigenvalue weighted by atomic mass is 32.2. The zero-order valence-corrected chi connectivity index (χ0v) is 15.4. The molecule has 0 atom stereocenters. The normalized spacial score (nSPS) is 13.2. The Balaban J connectivity index is 2.40. The van der Waals surface area contributed by atoms with E-state index in [-0.39, 0.29) is 17.0 Å². The highest BCUT2D eigenvalue weighted by Crippen LogP contribution is 2.50. The van der Waals surface area contributed by atoms with Gasteiger partial charge in [0.1, 0.15) is 0 Å². The smallest absolute Gasteiger partial charge is 0.369 e. The van der Waals surface area contributed by atoms with Crippen molar-refractivity contribution in [1.29, 1.82) is 0 Å². The highest BCUT2D eigenvalue weighted by Gasteiger charge is 2.71. The number of anilines is 1. The SMILES string of the molecule is C=CCc1ccccc1S(=O)(=O)Nc1ccc(C(O)(C(F)(F)F)C(F)(F)F)cc1. The fourth-order valence-corrected chi connectivity index (χ4v) is 3.88. The molecule has 11 heteroatoms. The fraction of sp³-hybridized carbons (Fsp3) is 0.222. The molecule has 0 heterocycles. The molecule has 0 bridgehead atoms. The maximum Gasteiger partial charge on any atom is 0.430 e. The van der Waals surface area contributed by atoms with Gasteiger partial charge in [-0.25, -0.2) is 8.42 Å². The second kappa shape index (κ2) is 7.71. The average molecular weight is 439 g/mol. The Morgan fingerprint density at radius 2 is 1.45 bits per heavy atom. The van der Waals surface area contributed by atoms with Crippen molar-refractivity contribution in [3.05, 3.63) is 72.3 Å². The van der Waals surface area contributed by atoms with Crippen LogP contribution in [0.1, 0.15) is 11.1 Å². The van der Waals surface area contributed by atoms with E-state index in [1.165, 1.54) is 24.3 Å². The lowest BCUT2D eigenvalue weighted by molar-refractivity contribution is -0.376. The van der Waals surface area contributed by atoms with Crippen LogP contribution in [-0.4, -0.2) is 25.9 Å². The number of benzene rings is 2. The summed E-state index contributed by atoms with van der Waals surface area (Å²) in [4.78, 5) is -0.119. The molecule has 0 aliphatic heterocycles. The van der Waals surface area contributed by atoms with Crippen molar-refractivity contribution in [2.24, 2.45) is 0 Å². The van der Waals surface area contributed by atoms with Gasteiger partial charge in [0.25, 0.3) is 15.6 Å². The van der Waals surface area contributed by atoms with Crippen LogP contribution < -0.4 is 4.72 Å². The lowest BCUT2D eigenvalue weighted by Crippen LogP contribution is -2.53. The molecule has 4 nitrogen and oxygen atoms in total. The molecule has 2 N–H and O–H groups in total. The van der Waals surface area contributed by atoms with Gasteiger partial charge >= 0.3 is 12.4 Å². The van der Waals surface area contributed by atoms with E-state index in [4.69, 9.17) is 0 Å². The number of nitrogens with one attached hydrogen (secondary N) is 1. The molecule has 2 aromatic rings. The zero-order valence-electron chi connectivity index (χ0n) is 14.6. The number of halogens is 6. The number of rotatable bonds is 6. The summed E-state index contributed by atoms with van der Waals surface area (Å²) in [6.07, 6.45) is -10.4. The quantitative estimate of drug-likeness (QED) is 0.514. The zero-order chi connectivity index (χ0) is 22.1. The molecule has 0 aliphatic rings. The minimum absolute atomic E-state index is 0.119. The minimum atomic E-state index is -6.03. The van der Waals surface area contributed by atoms with Crippen LogP contribution in [0.5, 0.6) is 0 Å². The standard InChI is InChI=1S/C18H15F6NO3S/c1-2-5-12-6-3-4-7-15(12)29(27,28)25-14-10-8-13(9-11-14)16(26,17(19,20)21)18(22,23)24/h2-4,6-11,25-26H,1,5H2. The second-order valence-electron chi connectivity index (χ2n) is 5.99. The molecule has 0 fully saturated rings. The van der Waals surface area contributed by atoms with Gasteiger partial charge in [-0.05, 0) is 30.2 Å². The van der Waals surface area contributed by atoms with Crippen LogP contribution >= 0.6 is 0 Å². The van der Waals surface area contributed by atoms with Crippen LogP contribution in [0, 0.1) is 0 Å². The van der Waals surface area contributed by atoms with E-state index in [1.807, 2.05) is 0 Å². The highest BCUT2D eigenvalue weighted by molar-refractivity contribution is 7.92. The van der Waals surface area contributed by atoms with Gasteiger partial charge in [0.15, 0.2) is 0 Å². The number of hydrogen-bond acceptors (Lipinski definition) is 3. The Bertz CT molecular complexity index is 968. The van der Waals surface area contributed by atoms with E-state index in [2.05, 4.69) is 11.3 Å². The van der Waals surface area contributed by atoms with Crippen LogP contribution in [0.15, 0.2) is 66.1 Å². The summed E-state index contributed by atoms with van der Waals surface area (Å²) in [6.45, 7) is 3.51. The number of hydrogen-bond donors (Lipinski definition) is 2. The molecule has 0 spiro atoms. The molecule has 2 rings (SSSR count). The number of sulfonamides is 1. The first-order valence-electron chi connectivity index (χ1n) is 7.92. The van der Waals surface area contributed by atoms with Crippen molar-refractivity contribution >= 4 is 15.7 Å². The summed E-state index contributed by atoms with van der Waals surface area (Å²) in [6, 6.07) is 7.99. The molecular weight excluding hydrogens is 424 g/mol. The molecule has 0 amide bonds. The molecule has 0 saturated carbocycles. The fourth-order valence-electron chi connectivity index (χ4n) is 2.57. The first kappa shape index (κ1) is 22.8. The van der Waals surface area contributed by atoms with Gasteiger partial charge in [0.05, 0.1) is 4.90 Å². The van der Waals surface area contributed by atoms with E-state index >= 15 is 0 Å². The summed E-state index contributed by atoms with van der Waals surface area (Å²) in [5.41, 5.74) is -6.47. The summed E-state index contributed by atoms with van der Waals surface area (Å²) in [5.74, 6) is 0. The Hall–Kier alpha value is -2.53. The van der Waals surface area contributed by atoms with E-state index in [0.29, 0.717) is 29.8 Å². The van der Waals surface area contributed by atoms with Gasteiger partial charge in [-0.2, -0.15) is 26.3 Å².